The molecule has 0 amide bonds. The Morgan fingerprint density at radius 3 is 3.07 bits per heavy atom. The van der Waals surface area contributed by atoms with Crippen molar-refractivity contribution in [3.63, 3.8) is 0 Å². The van der Waals surface area contributed by atoms with E-state index < -0.39 is 0 Å². The van der Waals surface area contributed by atoms with Gasteiger partial charge in [-0.3, -0.25) is 4.98 Å². The van der Waals surface area contributed by atoms with Crippen LogP contribution in [0.4, 0.5) is 0 Å². The van der Waals surface area contributed by atoms with Crippen LogP contribution in [-0.2, 0) is 0 Å². The molecular formula is C13H12BrN. The Bertz CT molecular complexity index is 477. The van der Waals surface area contributed by atoms with Gasteiger partial charge in [-0.15, -0.1) is 0 Å². The van der Waals surface area contributed by atoms with Crippen LogP contribution in [0.2, 0.25) is 0 Å². The number of allylic oxidation sites excluding steroid dienone is 1. The molecule has 2 aromatic rings. The molecular weight excluding hydrogens is 250 g/mol. The second-order valence-electron chi connectivity index (χ2n) is 3.34. The number of aromatic nitrogens is 1. The largest absolute Gasteiger partial charge is 0.256 e. The van der Waals surface area contributed by atoms with Crippen molar-refractivity contribution in [2.24, 2.45) is 0 Å². The summed E-state index contributed by atoms with van der Waals surface area (Å²) in [6.45, 7) is 0. The molecule has 0 saturated carbocycles. The van der Waals surface area contributed by atoms with E-state index in [4.69, 9.17) is 0 Å². The normalized spacial score (nSPS) is 11.3. The van der Waals surface area contributed by atoms with Gasteiger partial charge in [0.2, 0.25) is 0 Å². The van der Waals surface area contributed by atoms with Gasteiger partial charge >= 0.3 is 0 Å². The molecule has 76 valence electrons. The summed E-state index contributed by atoms with van der Waals surface area (Å²) in [6.07, 6.45) is 7.18. The SMILES string of the molecule is BrCCC=Cc1ccc2cccnc2c1. The maximum atomic E-state index is 4.33. The van der Waals surface area contributed by atoms with Gasteiger partial charge in [-0.05, 0) is 24.1 Å². The lowest BCUT2D eigenvalue weighted by Gasteiger charge is -1.97. The second-order valence-corrected chi connectivity index (χ2v) is 4.13. The van der Waals surface area contributed by atoms with E-state index in [9.17, 15) is 0 Å². The van der Waals surface area contributed by atoms with E-state index in [-0.39, 0.29) is 0 Å². The Morgan fingerprint density at radius 1 is 1.27 bits per heavy atom. The molecule has 0 radical (unpaired) electrons. The van der Waals surface area contributed by atoms with E-state index in [0.29, 0.717) is 0 Å². The summed E-state index contributed by atoms with van der Waals surface area (Å²) in [5, 5.41) is 2.20. The van der Waals surface area contributed by atoms with Gasteiger partial charge < -0.3 is 0 Å². The first-order valence-corrected chi connectivity index (χ1v) is 6.09. The highest BCUT2D eigenvalue weighted by Gasteiger charge is 1.93. The monoisotopic (exact) mass is 261 g/mol. The van der Waals surface area contributed by atoms with E-state index in [1.165, 1.54) is 10.9 Å². The van der Waals surface area contributed by atoms with E-state index in [1.54, 1.807) is 0 Å². The van der Waals surface area contributed by atoms with E-state index >= 15 is 0 Å². The molecule has 15 heavy (non-hydrogen) atoms. The molecule has 2 rings (SSSR count). The smallest absolute Gasteiger partial charge is 0.0707 e. The fourth-order valence-corrected chi connectivity index (χ4v) is 1.73. The minimum atomic E-state index is 1.01. The maximum Gasteiger partial charge on any atom is 0.0707 e. The van der Waals surface area contributed by atoms with E-state index in [0.717, 1.165) is 17.3 Å². The summed E-state index contributed by atoms with van der Waals surface area (Å²) < 4.78 is 0. The fraction of sp³-hybridized carbons (Fsp3) is 0.154. The highest BCUT2D eigenvalue weighted by atomic mass is 79.9. The lowest BCUT2D eigenvalue weighted by Crippen LogP contribution is -1.79. The first-order chi connectivity index (χ1) is 7.40. The average molecular weight is 262 g/mol. The number of halogens is 1. The van der Waals surface area contributed by atoms with Crippen LogP contribution in [0.1, 0.15) is 12.0 Å². The molecule has 0 aliphatic carbocycles. The quantitative estimate of drug-likeness (QED) is 0.761. The standard InChI is InChI=1S/C13H12BrN/c14-8-2-1-4-11-6-7-12-5-3-9-15-13(12)10-11/h1,3-7,9-10H,2,8H2. The van der Waals surface area contributed by atoms with Crippen LogP contribution in [0.3, 0.4) is 0 Å². The summed E-state index contributed by atoms with van der Waals surface area (Å²) in [5.41, 5.74) is 2.26. The predicted molar refractivity (Wildman–Crippen MR) is 69.2 cm³/mol. The number of pyridine rings is 1. The van der Waals surface area contributed by atoms with Gasteiger partial charge in [0.25, 0.3) is 0 Å². The topological polar surface area (TPSA) is 12.9 Å². The third-order valence-corrected chi connectivity index (χ3v) is 2.67. The average Bonchev–Trinajstić information content (AvgIpc) is 2.29. The molecule has 0 fully saturated rings. The van der Waals surface area contributed by atoms with Crippen molar-refractivity contribution >= 4 is 32.9 Å². The Hall–Kier alpha value is -1.15. The highest BCUT2D eigenvalue weighted by molar-refractivity contribution is 9.09. The lowest BCUT2D eigenvalue weighted by molar-refractivity contribution is 1.27. The molecule has 0 spiro atoms. The van der Waals surface area contributed by atoms with Crippen molar-refractivity contribution in [2.45, 2.75) is 6.42 Å². The molecule has 0 atom stereocenters. The third kappa shape index (κ3) is 2.66. The lowest BCUT2D eigenvalue weighted by atomic mass is 10.1. The molecule has 1 nitrogen and oxygen atoms in total. The molecule has 1 heterocycles. The van der Waals surface area contributed by atoms with Crippen LogP contribution in [0.25, 0.3) is 17.0 Å². The zero-order valence-corrected chi connectivity index (χ0v) is 9.94. The summed E-state index contributed by atoms with van der Waals surface area (Å²) >= 11 is 3.40. The zero-order valence-electron chi connectivity index (χ0n) is 8.36. The molecule has 1 aromatic heterocycles. The Labute approximate surface area is 98.0 Å². The van der Waals surface area contributed by atoms with Crippen molar-refractivity contribution in [1.29, 1.82) is 0 Å². The Morgan fingerprint density at radius 2 is 2.20 bits per heavy atom. The predicted octanol–water partition coefficient (Wildman–Crippen LogP) is 4.03. The minimum Gasteiger partial charge on any atom is -0.256 e. The minimum absolute atomic E-state index is 1.01. The Balaban J connectivity index is 2.30. The highest BCUT2D eigenvalue weighted by Crippen LogP contribution is 2.14. The van der Waals surface area contributed by atoms with Crippen molar-refractivity contribution in [3.05, 3.63) is 48.2 Å². The Kier molecular flexibility index (Phi) is 3.51. The van der Waals surface area contributed by atoms with Crippen molar-refractivity contribution < 1.29 is 0 Å². The number of alkyl halides is 1. The van der Waals surface area contributed by atoms with Crippen LogP contribution in [0, 0.1) is 0 Å². The number of rotatable bonds is 3. The summed E-state index contributed by atoms with van der Waals surface area (Å²) in [7, 11) is 0. The van der Waals surface area contributed by atoms with Crippen LogP contribution < -0.4 is 0 Å². The molecule has 0 unspecified atom stereocenters. The molecule has 0 bridgehead atoms. The number of benzene rings is 1. The molecule has 0 N–H and O–H groups in total. The first-order valence-electron chi connectivity index (χ1n) is 4.97. The number of hydrogen-bond acceptors (Lipinski definition) is 1. The van der Waals surface area contributed by atoms with Crippen LogP contribution in [0.15, 0.2) is 42.6 Å². The van der Waals surface area contributed by atoms with E-state index in [1.807, 2.05) is 12.3 Å². The van der Waals surface area contributed by atoms with Crippen molar-refractivity contribution in [3.8, 4) is 0 Å². The first kappa shape index (κ1) is 10.4. The van der Waals surface area contributed by atoms with Crippen molar-refractivity contribution in [1.82, 2.24) is 4.98 Å². The van der Waals surface area contributed by atoms with E-state index in [2.05, 4.69) is 57.3 Å². The van der Waals surface area contributed by atoms with Gasteiger partial charge in [-0.25, -0.2) is 0 Å². The maximum absolute atomic E-state index is 4.33. The molecule has 2 heteroatoms. The summed E-state index contributed by atoms with van der Waals surface area (Å²) in [5.74, 6) is 0. The van der Waals surface area contributed by atoms with Gasteiger partial charge in [0.1, 0.15) is 0 Å². The van der Waals surface area contributed by atoms with Gasteiger partial charge in [-0.1, -0.05) is 46.3 Å². The number of nitrogens with zero attached hydrogens (tertiary/aromatic N) is 1. The van der Waals surface area contributed by atoms with Crippen LogP contribution >= 0.6 is 15.9 Å². The van der Waals surface area contributed by atoms with Crippen LogP contribution in [0.5, 0.6) is 0 Å². The van der Waals surface area contributed by atoms with Gasteiger partial charge in [0, 0.05) is 16.9 Å². The molecule has 0 aliphatic rings. The second kappa shape index (κ2) is 5.08. The fourth-order valence-electron chi connectivity index (χ4n) is 1.47. The number of hydrogen-bond donors (Lipinski definition) is 0. The molecule has 0 saturated heterocycles. The summed E-state index contributed by atoms with van der Waals surface area (Å²) in [4.78, 5) is 4.33. The number of fused-ring (bicyclic) bond motifs is 1. The van der Waals surface area contributed by atoms with Gasteiger partial charge in [-0.2, -0.15) is 0 Å². The summed E-state index contributed by atoms with van der Waals surface area (Å²) in [6, 6.07) is 10.4. The van der Waals surface area contributed by atoms with Crippen LogP contribution in [-0.4, -0.2) is 10.3 Å². The zero-order chi connectivity index (χ0) is 10.5. The van der Waals surface area contributed by atoms with Gasteiger partial charge in [0.15, 0.2) is 0 Å². The third-order valence-electron chi connectivity index (χ3n) is 2.22. The molecule has 1 aromatic carbocycles. The van der Waals surface area contributed by atoms with Gasteiger partial charge in [0.05, 0.1) is 5.52 Å². The molecule has 0 aliphatic heterocycles. The van der Waals surface area contributed by atoms with Crippen molar-refractivity contribution in [2.75, 3.05) is 5.33 Å².